The molecule has 27 heavy (non-hydrogen) atoms. The Morgan fingerprint density at radius 2 is 1.74 bits per heavy atom. The molecule has 0 saturated heterocycles. The number of hydrogen-bond acceptors (Lipinski definition) is 4. The second-order valence-corrected chi connectivity index (χ2v) is 7.30. The topological polar surface area (TPSA) is 55.4 Å². The minimum Gasteiger partial charge on any atom is -0.465 e. The number of anilines is 1. The number of esters is 1. The number of halogens is 1. The summed E-state index contributed by atoms with van der Waals surface area (Å²) in [6, 6.07) is 5.88. The van der Waals surface area contributed by atoms with Gasteiger partial charge in [0.15, 0.2) is 0 Å². The Balaban J connectivity index is 2.05. The molecule has 1 heterocycles. The van der Waals surface area contributed by atoms with Gasteiger partial charge in [-0.05, 0) is 24.1 Å². The van der Waals surface area contributed by atoms with Crippen LogP contribution in [0, 0.1) is 5.82 Å². The quantitative estimate of drug-likeness (QED) is 0.397. The van der Waals surface area contributed by atoms with Gasteiger partial charge in [-0.3, -0.25) is 4.79 Å². The lowest BCUT2D eigenvalue weighted by Crippen LogP contribution is -2.13. The maximum atomic E-state index is 13.2. The summed E-state index contributed by atoms with van der Waals surface area (Å²) in [5.41, 5.74) is 1.64. The molecule has 2 aromatic rings. The van der Waals surface area contributed by atoms with Gasteiger partial charge in [0.05, 0.1) is 7.11 Å². The molecule has 0 fully saturated rings. The number of amides is 1. The molecule has 1 amide bonds. The number of benzene rings is 1. The third-order valence-corrected chi connectivity index (χ3v) is 5.24. The van der Waals surface area contributed by atoms with Crippen LogP contribution in [-0.4, -0.2) is 19.0 Å². The van der Waals surface area contributed by atoms with Crippen LogP contribution < -0.4 is 5.32 Å². The summed E-state index contributed by atoms with van der Waals surface area (Å²) in [6.45, 7) is 2.17. The molecule has 0 aliphatic rings. The minimum absolute atomic E-state index is 0.108. The molecule has 0 spiro atoms. The summed E-state index contributed by atoms with van der Waals surface area (Å²) in [5, 5.41) is 5.08. The van der Waals surface area contributed by atoms with Crippen LogP contribution in [0.15, 0.2) is 29.6 Å². The maximum absolute atomic E-state index is 13.2. The first kappa shape index (κ1) is 21.1. The molecule has 0 radical (unpaired) electrons. The van der Waals surface area contributed by atoms with Gasteiger partial charge in [0, 0.05) is 17.4 Å². The van der Waals surface area contributed by atoms with Gasteiger partial charge in [-0.25, -0.2) is 9.18 Å². The van der Waals surface area contributed by atoms with Gasteiger partial charge in [-0.2, -0.15) is 0 Å². The molecular formula is C21H26FNO3S. The summed E-state index contributed by atoms with van der Waals surface area (Å²) in [6.07, 6.45) is 7.07. The minimum atomic E-state index is -0.523. The van der Waals surface area contributed by atoms with Crippen LogP contribution in [-0.2, 0) is 9.53 Å². The zero-order valence-corrected chi connectivity index (χ0v) is 16.7. The van der Waals surface area contributed by atoms with Crippen molar-refractivity contribution in [1.29, 1.82) is 0 Å². The van der Waals surface area contributed by atoms with Crippen molar-refractivity contribution in [2.24, 2.45) is 0 Å². The lowest BCUT2D eigenvalue weighted by molar-refractivity contribution is -0.116. The van der Waals surface area contributed by atoms with E-state index in [2.05, 4.69) is 12.2 Å². The number of thiophene rings is 1. The van der Waals surface area contributed by atoms with Crippen LogP contribution in [0.25, 0.3) is 11.1 Å². The SMILES string of the molecule is CCCCCCCCC(=O)Nc1scc(-c2ccc(F)cc2)c1C(=O)OC. The van der Waals surface area contributed by atoms with E-state index in [0.717, 1.165) is 19.3 Å². The van der Waals surface area contributed by atoms with Gasteiger partial charge in [0.2, 0.25) is 5.91 Å². The van der Waals surface area contributed by atoms with Crippen molar-refractivity contribution in [1.82, 2.24) is 0 Å². The molecule has 1 aromatic carbocycles. The van der Waals surface area contributed by atoms with E-state index in [9.17, 15) is 14.0 Å². The number of hydrogen-bond donors (Lipinski definition) is 1. The predicted octanol–water partition coefficient (Wildman–Crippen LogP) is 6.03. The highest BCUT2D eigenvalue weighted by molar-refractivity contribution is 7.15. The first-order valence-electron chi connectivity index (χ1n) is 9.32. The standard InChI is InChI=1S/C21H26FNO3S/c1-3-4-5-6-7-8-9-18(24)23-20-19(21(25)26-2)17(14-27-20)15-10-12-16(22)13-11-15/h10-14H,3-9H2,1-2H3,(H,23,24). The Labute approximate surface area is 163 Å². The van der Waals surface area contributed by atoms with Crippen LogP contribution in [0.1, 0.15) is 62.2 Å². The molecule has 0 atom stereocenters. The lowest BCUT2D eigenvalue weighted by atomic mass is 10.0. The fourth-order valence-corrected chi connectivity index (χ4v) is 3.83. The number of carbonyl (C=O) groups excluding carboxylic acids is 2. The van der Waals surface area contributed by atoms with E-state index >= 15 is 0 Å². The van der Waals surface area contributed by atoms with Gasteiger partial charge in [0.1, 0.15) is 16.4 Å². The average Bonchev–Trinajstić information content (AvgIpc) is 3.08. The summed E-state index contributed by atoms with van der Waals surface area (Å²) >= 11 is 1.27. The van der Waals surface area contributed by atoms with Crippen molar-refractivity contribution in [3.05, 3.63) is 41.0 Å². The molecule has 1 N–H and O–H groups in total. The summed E-state index contributed by atoms with van der Waals surface area (Å²) in [5.74, 6) is -0.977. The highest BCUT2D eigenvalue weighted by atomic mass is 32.1. The van der Waals surface area contributed by atoms with Gasteiger partial charge >= 0.3 is 5.97 Å². The number of carbonyl (C=O) groups is 2. The monoisotopic (exact) mass is 391 g/mol. The molecular weight excluding hydrogens is 365 g/mol. The second kappa shape index (κ2) is 10.8. The van der Waals surface area contributed by atoms with Crippen molar-refractivity contribution < 1.29 is 18.7 Å². The molecule has 6 heteroatoms. The number of rotatable bonds is 10. The zero-order valence-electron chi connectivity index (χ0n) is 15.8. The van der Waals surface area contributed by atoms with Crippen molar-refractivity contribution in [3.8, 4) is 11.1 Å². The summed E-state index contributed by atoms with van der Waals surface area (Å²) in [7, 11) is 1.30. The highest BCUT2D eigenvalue weighted by Gasteiger charge is 2.22. The molecule has 4 nitrogen and oxygen atoms in total. The van der Waals surface area contributed by atoms with Gasteiger partial charge in [-0.15, -0.1) is 11.3 Å². The highest BCUT2D eigenvalue weighted by Crippen LogP contribution is 2.36. The van der Waals surface area contributed by atoms with E-state index < -0.39 is 5.97 Å². The fourth-order valence-electron chi connectivity index (χ4n) is 2.85. The van der Waals surface area contributed by atoms with Gasteiger partial charge < -0.3 is 10.1 Å². The van der Waals surface area contributed by atoms with E-state index in [4.69, 9.17) is 4.74 Å². The molecule has 0 saturated carbocycles. The largest absolute Gasteiger partial charge is 0.465 e. The van der Waals surface area contributed by atoms with E-state index in [1.165, 1.54) is 49.8 Å². The zero-order chi connectivity index (χ0) is 19.6. The third kappa shape index (κ3) is 6.17. The number of methoxy groups -OCH3 is 1. The van der Waals surface area contributed by atoms with Crippen LogP contribution in [0.5, 0.6) is 0 Å². The molecule has 0 bridgehead atoms. The Morgan fingerprint density at radius 1 is 1.07 bits per heavy atom. The maximum Gasteiger partial charge on any atom is 0.341 e. The van der Waals surface area contributed by atoms with E-state index in [-0.39, 0.29) is 11.7 Å². The Morgan fingerprint density at radius 3 is 2.41 bits per heavy atom. The number of ether oxygens (including phenoxy) is 1. The molecule has 0 aliphatic heterocycles. The molecule has 0 unspecified atom stereocenters. The first-order chi connectivity index (χ1) is 13.1. The van der Waals surface area contributed by atoms with Crippen LogP contribution in [0.2, 0.25) is 0 Å². The van der Waals surface area contributed by atoms with E-state index in [1.54, 1.807) is 17.5 Å². The normalized spacial score (nSPS) is 10.6. The molecule has 146 valence electrons. The third-order valence-electron chi connectivity index (χ3n) is 4.35. The average molecular weight is 392 g/mol. The van der Waals surface area contributed by atoms with Crippen molar-refractivity contribution in [3.63, 3.8) is 0 Å². The van der Waals surface area contributed by atoms with Crippen LogP contribution in [0.3, 0.4) is 0 Å². The second-order valence-electron chi connectivity index (χ2n) is 6.42. The van der Waals surface area contributed by atoms with Gasteiger partial charge in [0.25, 0.3) is 0 Å². The molecule has 1 aromatic heterocycles. The lowest BCUT2D eigenvalue weighted by Gasteiger charge is -2.08. The first-order valence-corrected chi connectivity index (χ1v) is 10.2. The number of nitrogens with one attached hydrogen (secondary N) is 1. The molecule has 0 aliphatic carbocycles. The summed E-state index contributed by atoms with van der Waals surface area (Å²) < 4.78 is 18.1. The van der Waals surface area contributed by atoms with E-state index in [0.29, 0.717) is 28.1 Å². The van der Waals surface area contributed by atoms with Crippen molar-refractivity contribution >= 4 is 28.2 Å². The van der Waals surface area contributed by atoms with Crippen molar-refractivity contribution in [2.45, 2.75) is 51.9 Å². The Bertz CT molecular complexity index is 755. The Hall–Kier alpha value is -2.21. The van der Waals surface area contributed by atoms with E-state index in [1.807, 2.05) is 0 Å². The smallest absolute Gasteiger partial charge is 0.341 e. The van der Waals surface area contributed by atoms with Gasteiger partial charge in [-0.1, -0.05) is 51.2 Å². The van der Waals surface area contributed by atoms with Crippen molar-refractivity contribution in [2.75, 3.05) is 12.4 Å². The van der Waals surface area contributed by atoms with Crippen LogP contribution >= 0.6 is 11.3 Å². The Kier molecular flexibility index (Phi) is 8.45. The van der Waals surface area contributed by atoms with Crippen LogP contribution in [0.4, 0.5) is 9.39 Å². The summed E-state index contributed by atoms with van der Waals surface area (Å²) in [4.78, 5) is 24.5. The predicted molar refractivity (Wildman–Crippen MR) is 108 cm³/mol. The fraction of sp³-hybridized carbons (Fsp3) is 0.429. The molecule has 2 rings (SSSR count). The number of unbranched alkanes of at least 4 members (excludes halogenated alkanes) is 5.